The van der Waals surface area contributed by atoms with Crippen LogP contribution in [-0.2, 0) is 9.53 Å². The van der Waals surface area contributed by atoms with Crippen molar-refractivity contribution in [2.24, 2.45) is 5.92 Å². The number of aryl methyl sites for hydroxylation is 1. The molecule has 0 saturated carbocycles. The number of methoxy groups -OCH3 is 1. The van der Waals surface area contributed by atoms with Crippen molar-refractivity contribution >= 4 is 29.3 Å². The van der Waals surface area contributed by atoms with Crippen molar-refractivity contribution in [1.82, 2.24) is 4.90 Å². The maximum Gasteiger partial charge on any atom is 0.321 e. The lowest BCUT2D eigenvalue weighted by atomic mass is 9.98. The van der Waals surface area contributed by atoms with Gasteiger partial charge in [-0.15, -0.1) is 0 Å². The SMILES string of the molecule is COC(=O)[C@@H]1CCCN(C(=O)Nc2c(C)cccc2Cl)C1. The Morgan fingerprint density at radius 1 is 1.43 bits per heavy atom. The second-order valence-electron chi connectivity index (χ2n) is 5.17. The van der Waals surface area contributed by atoms with Crippen LogP contribution < -0.4 is 5.32 Å². The van der Waals surface area contributed by atoms with E-state index in [-0.39, 0.29) is 17.9 Å². The van der Waals surface area contributed by atoms with Gasteiger partial charge in [-0.1, -0.05) is 23.7 Å². The first-order chi connectivity index (χ1) is 10.0. The van der Waals surface area contributed by atoms with Gasteiger partial charge in [0.05, 0.1) is 23.7 Å². The van der Waals surface area contributed by atoms with Crippen LogP contribution in [0.25, 0.3) is 0 Å². The molecule has 1 saturated heterocycles. The highest BCUT2D eigenvalue weighted by Gasteiger charge is 2.29. The number of esters is 1. The Morgan fingerprint density at radius 3 is 2.86 bits per heavy atom. The van der Waals surface area contributed by atoms with Gasteiger partial charge < -0.3 is 15.0 Å². The Kier molecular flexibility index (Phi) is 5.07. The zero-order chi connectivity index (χ0) is 15.4. The van der Waals surface area contributed by atoms with E-state index in [1.54, 1.807) is 11.0 Å². The van der Waals surface area contributed by atoms with E-state index < -0.39 is 0 Å². The van der Waals surface area contributed by atoms with Gasteiger partial charge in [0.25, 0.3) is 0 Å². The fraction of sp³-hybridized carbons (Fsp3) is 0.467. The summed E-state index contributed by atoms with van der Waals surface area (Å²) in [6.07, 6.45) is 1.54. The van der Waals surface area contributed by atoms with Gasteiger partial charge in [0.2, 0.25) is 0 Å². The molecule has 1 aromatic carbocycles. The first-order valence-corrected chi connectivity index (χ1v) is 7.29. The van der Waals surface area contributed by atoms with Gasteiger partial charge in [0.1, 0.15) is 0 Å². The summed E-state index contributed by atoms with van der Waals surface area (Å²) >= 11 is 6.11. The number of piperidine rings is 1. The fourth-order valence-corrected chi connectivity index (χ4v) is 2.77. The Bertz CT molecular complexity index is 527. The maximum atomic E-state index is 12.3. The number of hydrogen-bond acceptors (Lipinski definition) is 3. The largest absolute Gasteiger partial charge is 0.469 e. The molecular formula is C15H19ClN2O3. The molecule has 2 rings (SSSR count). The van der Waals surface area contributed by atoms with Crippen molar-refractivity contribution in [3.05, 3.63) is 28.8 Å². The van der Waals surface area contributed by atoms with Crippen LogP contribution in [0.3, 0.4) is 0 Å². The predicted octanol–water partition coefficient (Wildman–Crippen LogP) is 3.07. The minimum absolute atomic E-state index is 0.236. The molecule has 1 aliphatic heterocycles. The number of halogens is 1. The molecule has 0 spiro atoms. The summed E-state index contributed by atoms with van der Waals surface area (Å²) in [6.45, 7) is 2.89. The van der Waals surface area contributed by atoms with Crippen LogP contribution in [0.5, 0.6) is 0 Å². The summed E-state index contributed by atoms with van der Waals surface area (Å²) in [7, 11) is 1.37. The van der Waals surface area contributed by atoms with E-state index >= 15 is 0 Å². The van der Waals surface area contributed by atoms with Crippen LogP contribution in [0.4, 0.5) is 10.5 Å². The summed E-state index contributed by atoms with van der Waals surface area (Å²) in [5.74, 6) is -0.511. The minimum atomic E-state index is -0.263. The molecule has 0 bridgehead atoms. The Labute approximate surface area is 129 Å². The van der Waals surface area contributed by atoms with Crippen LogP contribution in [0, 0.1) is 12.8 Å². The van der Waals surface area contributed by atoms with E-state index in [0.29, 0.717) is 23.8 Å². The lowest BCUT2D eigenvalue weighted by Crippen LogP contribution is -2.44. The second-order valence-corrected chi connectivity index (χ2v) is 5.58. The molecule has 21 heavy (non-hydrogen) atoms. The minimum Gasteiger partial charge on any atom is -0.469 e. The molecule has 1 fully saturated rings. The Balaban J connectivity index is 2.05. The molecular weight excluding hydrogens is 292 g/mol. The molecule has 0 aliphatic carbocycles. The first kappa shape index (κ1) is 15.6. The van der Waals surface area contributed by atoms with Crippen molar-refractivity contribution in [1.29, 1.82) is 0 Å². The van der Waals surface area contributed by atoms with Crippen LogP contribution in [0.2, 0.25) is 5.02 Å². The van der Waals surface area contributed by atoms with Gasteiger partial charge in [0, 0.05) is 13.1 Å². The molecule has 0 aromatic heterocycles. The highest BCUT2D eigenvalue weighted by atomic mass is 35.5. The normalized spacial score (nSPS) is 18.2. The number of benzene rings is 1. The molecule has 1 N–H and O–H groups in total. The standard InChI is InChI=1S/C15H19ClN2O3/c1-10-5-3-7-12(16)13(10)17-15(20)18-8-4-6-11(9-18)14(19)21-2/h3,5,7,11H,4,6,8-9H2,1-2H3,(H,17,20)/t11-/m1/s1. The van der Waals surface area contributed by atoms with E-state index in [9.17, 15) is 9.59 Å². The van der Waals surface area contributed by atoms with E-state index in [1.165, 1.54) is 7.11 Å². The number of nitrogens with zero attached hydrogens (tertiary/aromatic N) is 1. The van der Waals surface area contributed by atoms with Gasteiger partial charge >= 0.3 is 12.0 Å². The van der Waals surface area contributed by atoms with Crippen LogP contribution in [0.15, 0.2) is 18.2 Å². The Hall–Kier alpha value is -1.75. The molecule has 1 aliphatic rings. The van der Waals surface area contributed by atoms with E-state index in [0.717, 1.165) is 18.4 Å². The highest BCUT2D eigenvalue weighted by molar-refractivity contribution is 6.33. The summed E-state index contributed by atoms with van der Waals surface area (Å²) in [4.78, 5) is 25.6. The van der Waals surface area contributed by atoms with Crippen LogP contribution in [-0.4, -0.2) is 37.1 Å². The molecule has 1 atom stereocenters. The fourth-order valence-electron chi connectivity index (χ4n) is 2.50. The molecule has 1 heterocycles. The molecule has 0 radical (unpaired) electrons. The zero-order valence-corrected chi connectivity index (χ0v) is 12.9. The lowest BCUT2D eigenvalue weighted by Gasteiger charge is -2.31. The average molecular weight is 311 g/mol. The summed E-state index contributed by atoms with van der Waals surface area (Å²) in [5, 5.41) is 3.33. The van der Waals surface area contributed by atoms with Gasteiger partial charge in [-0.2, -0.15) is 0 Å². The van der Waals surface area contributed by atoms with Gasteiger partial charge in [-0.05, 0) is 31.4 Å². The number of urea groups is 1. The number of carbonyl (C=O) groups excluding carboxylic acids is 2. The number of ether oxygens (including phenoxy) is 1. The summed E-state index contributed by atoms with van der Waals surface area (Å²) in [5.41, 5.74) is 1.52. The molecule has 2 amide bonds. The van der Waals surface area contributed by atoms with E-state index in [1.807, 2.05) is 19.1 Å². The van der Waals surface area contributed by atoms with Crippen molar-refractivity contribution in [3.63, 3.8) is 0 Å². The topological polar surface area (TPSA) is 58.6 Å². The predicted molar refractivity (Wildman–Crippen MR) is 81.5 cm³/mol. The quantitative estimate of drug-likeness (QED) is 0.854. The average Bonchev–Trinajstić information content (AvgIpc) is 2.50. The number of nitrogens with one attached hydrogen (secondary N) is 1. The van der Waals surface area contributed by atoms with Crippen LogP contribution >= 0.6 is 11.6 Å². The highest BCUT2D eigenvalue weighted by Crippen LogP contribution is 2.26. The molecule has 6 heteroatoms. The molecule has 0 unspecified atom stereocenters. The molecule has 114 valence electrons. The first-order valence-electron chi connectivity index (χ1n) is 6.91. The smallest absolute Gasteiger partial charge is 0.321 e. The number of likely N-dealkylation sites (tertiary alicyclic amines) is 1. The third kappa shape index (κ3) is 3.67. The zero-order valence-electron chi connectivity index (χ0n) is 12.2. The third-order valence-corrected chi connectivity index (χ3v) is 4.01. The van der Waals surface area contributed by atoms with Crippen LogP contribution in [0.1, 0.15) is 18.4 Å². The van der Waals surface area contributed by atoms with Gasteiger partial charge in [-0.3, -0.25) is 4.79 Å². The summed E-state index contributed by atoms with van der Waals surface area (Å²) in [6, 6.07) is 5.22. The maximum absolute atomic E-state index is 12.3. The summed E-state index contributed by atoms with van der Waals surface area (Å²) < 4.78 is 4.76. The van der Waals surface area contributed by atoms with Crippen molar-refractivity contribution in [3.8, 4) is 0 Å². The third-order valence-electron chi connectivity index (χ3n) is 3.70. The second kappa shape index (κ2) is 6.80. The monoisotopic (exact) mass is 310 g/mol. The van der Waals surface area contributed by atoms with E-state index in [2.05, 4.69) is 5.32 Å². The number of para-hydroxylation sites is 1. The number of rotatable bonds is 2. The van der Waals surface area contributed by atoms with E-state index in [4.69, 9.17) is 16.3 Å². The molecule has 5 nitrogen and oxygen atoms in total. The molecule has 1 aromatic rings. The van der Waals surface area contributed by atoms with Crippen molar-refractivity contribution in [2.45, 2.75) is 19.8 Å². The van der Waals surface area contributed by atoms with Gasteiger partial charge in [-0.25, -0.2) is 4.79 Å². The van der Waals surface area contributed by atoms with Crippen molar-refractivity contribution in [2.75, 3.05) is 25.5 Å². The Morgan fingerprint density at radius 2 is 2.19 bits per heavy atom. The number of anilines is 1. The number of amides is 2. The van der Waals surface area contributed by atoms with Crippen molar-refractivity contribution < 1.29 is 14.3 Å². The van der Waals surface area contributed by atoms with Gasteiger partial charge in [0.15, 0.2) is 0 Å². The number of carbonyl (C=O) groups is 2. The lowest BCUT2D eigenvalue weighted by molar-refractivity contribution is -0.146. The number of hydrogen-bond donors (Lipinski definition) is 1.